The molecule has 152 valence electrons. The van der Waals surface area contributed by atoms with Gasteiger partial charge in [0, 0.05) is 31.7 Å². The van der Waals surface area contributed by atoms with Crippen LogP contribution in [-0.4, -0.2) is 47.1 Å². The molecule has 29 heavy (non-hydrogen) atoms. The summed E-state index contributed by atoms with van der Waals surface area (Å²) < 4.78 is 1.38. The van der Waals surface area contributed by atoms with Crippen LogP contribution in [0.2, 0.25) is 10.2 Å². The van der Waals surface area contributed by atoms with Gasteiger partial charge in [0.15, 0.2) is 5.15 Å². The van der Waals surface area contributed by atoms with Crippen LogP contribution in [0.25, 0.3) is 5.82 Å². The Morgan fingerprint density at radius 2 is 1.86 bits per heavy atom. The van der Waals surface area contributed by atoms with E-state index in [1.54, 1.807) is 19.1 Å². The summed E-state index contributed by atoms with van der Waals surface area (Å²) in [5.41, 5.74) is 1.40. The van der Waals surface area contributed by atoms with Crippen molar-refractivity contribution in [3.05, 3.63) is 62.4 Å². The van der Waals surface area contributed by atoms with Crippen molar-refractivity contribution in [1.82, 2.24) is 20.0 Å². The number of carbonyl (C=O) groups excluding carboxylic acids is 2. The summed E-state index contributed by atoms with van der Waals surface area (Å²) in [5.74, 6) is -0.356. The first-order chi connectivity index (χ1) is 13.7. The number of aromatic nitrogens is 2. The Kier molecular flexibility index (Phi) is 6.21. The van der Waals surface area contributed by atoms with Gasteiger partial charge >= 0.3 is 0 Å². The van der Waals surface area contributed by atoms with E-state index < -0.39 is 5.91 Å². The number of halogens is 3. The summed E-state index contributed by atoms with van der Waals surface area (Å²) in [6.07, 6.45) is 3.63. The van der Waals surface area contributed by atoms with Crippen molar-refractivity contribution in [3.8, 4) is 0 Å². The number of allylic oxidation sites excluding steroid dienone is 2. The lowest BCUT2D eigenvalue weighted by molar-refractivity contribution is 0.0964. The Morgan fingerprint density at radius 1 is 1.14 bits per heavy atom. The van der Waals surface area contributed by atoms with Crippen molar-refractivity contribution < 1.29 is 9.59 Å². The first-order valence-electron chi connectivity index (χ1n) is 8.60. The molecule has 0 fully saturated rings. The number of hydrogen-bond donors (Lipinski definition) is 2. The number of nitrogens with zero attached hydrogens (tertiary/aromatic N) is 3. The number of rotatable bonds is 4. The third-order valence-electron chi connectivity index (χ3n) is 4.34. The molecule has 0 atom stereocenters. The zero-order valence-electron chi connectivity index (χ0n) is 15.9. The van der Waals surface area contributed by atoms with Crippen molar-refractivity contribution >= 4 is 58.1 Å². The summed E-state index contributed by atoms with van der Waals surface area (Å²) in [6, 6.07) is 4.59. The average Bonchev–Trinajstić information content (AvgIpc) is 3.04. The fourth-order valence-electron chi connectivity index (χ4n) is 3.00. The molecule has 2 amide bonds. The molecule has 0 radical (unpaired) electrons. The number of aryl methyl sites for hydroxylation is 1. The van der Waals surface area contributed by atoms with Crippen LogP contribution in [-0.2, 0) is 0 Å². The lowest BCUT2D eigenvalue weighted by atomic mass is 10.1. The number of hydrogen-bond acceptors (Lipinski definition) is 4. The third kappa shape index (κ3) is 4.27. The van der Waals surface area contributed by atoms with Crippen molar-refractivity contribution in [2.75, 3.05) is 26.0 Å². The van der Waals surface area contributed by atoms with Crippen LogP contribution in [0.5, 0.6) is 0 Å². The quantitative estimate of drug-likeness (QED) is 0.732. The fourth-order valence-corrected chi connectivity index (χ4v) is 3.76. The van der Waals surface area contributed by atoms with Gasteiger partial charge in [0.05, 0.1) is 16.3 Å². The minimum Gasteiger partial charge on any atom is -0.355 e. The smallest absolute Gasteiger partial charge is 0.274 e. The number of anilines is 1. The summed E-state index contributed by atoms with van der Waals surface area (Å²) in [7, 11) is 3.32. The zero-order chi connectivity index (χ0) is 21.3. The molecule has 7 nitrogen and oxygen atoms in total. The SMILES string of the molecule is CNC(=O)c1cc(Cl)cc(C)c1NC(=O)c1cc(Cl)nn1C1=C(Cl)C=CCN1C. The molecule has 1 aromatic heterocycles. The van der Waals surface area contributed by atoms with E-state index in [0.717, 1.165) is 0 Å². The van der Waals surface area contributed by atoms with E-state index >= 15 is 0 Å². The molecule has 0 unspecified atom stereocenters. The average molecular weight is 455 g/mol. The molecule has 1 aliphatic heterocycles. The standard InChI is InChI=1S/C19H18Cl3N5O2/c1-10-7-11(20)8-12(17(28)23-2)16(10)24-18(29)14-9-15(22)25-27(14)19-13(21)5-4-6-26(19)3/h4-5,7-9H,6H2,1-3H3,(H,23,28)(H,24,29). The van der Waals surface area contributed by atoms with Crippen LogP contribution in [0.1, 0.15) is 26.4 Å². The van der Waals surface area contributed by atoms with E-state index in [1.165, 1.54) is 23.9 Å². The predicted octanol–water partition coefficient (Wildman–Crippen LogP) is 3.98. The molecule has 0 saturated heterocycles. The van der Waals surface area contributed by atoms with E-state index in [2.05, 4.69) is 15.7 Å². The van der Waals surface area contributed by atoms with Crippen LogP contribution >= 0.6 is 34.8 Å². The van der Waals surface area contributed by atoms with Crippen molar-refractivity contribution in [2.24, 2.45) is 0 Å². The topological polar surface area (TPSA) is 79.3 Å². The maximum Gasteiger partial charge on any atom is 0.274 e. The van der Waals surface area contributed by atoms with Gasteiger partial charge in [-0.3, -0.25) is 9.59 Å². The van der Waals surface area contributed by atoms with Crippen LogP contribution in [0, 0.1) is 6.92 Å². The van der Waals surface area contributed by atoms with Gasteiger partial charge < -0.3 is 15.5 Å². The van der Waals surface area contributed by atoms with E-state index in [0.29, 0.717) is 33.7 Å². The van der Waals surface area contributed by atoms with Crippen LogP contribution < -0.4 is 10.6 Å². The maximum atomic E-state index is 13.1. The van der Waals surface area contributed by atoms with Gasteiger partial charge in [-0.1, -0.05) is 40.9 Å². The summed E-state index contributed by atoms with van der Waals surface area (Å²) >= 11 is 18.5. The number of likely N-dealkylation sites (N-methyl/N-ethyl adjacent to an activating group) is 1. The highest BCUT2D eigenvalue weighted by molar-refractivity contribution is 6.34. The molecule has 2 aromatic rings. The van der Waals surface area contributed by atoms with E-state index in [-0.39, 0.29) is 22.3 Å². The highest BCUT2D eigenvalue weighted by Crippen LogP contribution is 2.29. The van der Waals surface area contributed by atoms with Crippen molar-refractivity contribution in [1.29, 1.82) is 0 Å². The van der Waals surface area contributed by atoms with E-state index in [4.69, 9.17) is 34.8 Å². The van der Waals surface area contributed by atoms with Gasteiger partial charge in [-0.2, -0.15) is 5.10 Å². The van der Waals surface area contributed by atoms with Crippen LogP contribution in [0.15, 0.2) is 35.4 Å². The van der Waals surface area contributed by atoms with Crippen LogP contribution in [0.4, 0.5) is 5.69 Å². The van der Waals surface area contributed by atoms with Gasteiger partial charge in [0.25, 0.3) is 11.8 Å². The van der Waals surface area contributed by atoms with E-state index in [1.807, 2.05) is 18.0 Å². The molecule has 3 rings (SSSR count). The first-order valence-corrected chi connectivity index (χ1v) is 9.73. The molecule has 0 bridgehead atoms. The normalized spacial score (nSPS) is 13.7. The number of carbonyl (C=O) groups is 2. The first kappa shape index (κ1) is 21.2. The predicted molar refractivity (Wildman–Crippen MR) is 116 cm³/mol. The van der Waals surface area contributed by atoms with Crippen molar-refractivity contribution in [3.63, 3.8) is 0 Å². The minimum atomic E-state index is -0.500. The molecule has 2 N–H and O–H groups in total. The summed E-state index contributed by atoms with van der Waals surface area (Å²) in [6.45, 7) is 2.35. The van der Waals surface area contributed by atoms with Crippen LogP contribution in [0.3, 0.4) is 0 Å². The molecule has 0 aliphatic carbocycles. The lowest BCUT2D eigenvalue weighted by Gasteiger charge is -2.25. The summed E-state index contributed by atoms with van der Waals surface area (Å²) in [5, 5.41) is 10.5. The minimum absolute atomic E-state index is 0.134. The molecule has 1 aliphatic rings. The Morgan fingerprint density at radius 3 is 2.52 bits per heavy atom. The largest absolute Gasteiger partial charge is 0.355 e. The van der Waals surface area contributed by atoms with Gasteiger partial charge in [-0.05, 0) is 30.7 Å². The highest BCUT2D eigenvalue weighted by atomic mass is 35.5. The van der Waals surface area contributed by atoms with E-state index in [9.17, 15) is 9.59 Å². The number of benzene rings is 1. The molecular formula is C19H18Cl3N5O2. The second-order valence-corrected chi connectivity index (χ2v) is 7.63. The number of nitrogens with one attached hydrogen (secondary N) is 2. The van der Waals surface area contributed by atoms with Gasteiger partial charge in [0.1, 0.15) is 11.5 Å². The lowest BCUT2D eigenvalue weighted by Crippen LogP contribution is -2.28. The van der Waals surface area contributed by atoms with Gasteiger partial charge in [-0.15, -0.1) is 0 Å². The fraction of sp³-hybridized carbons (Fsp3) is 0.211. The molecule has 0 saturated carbocycles. The molecule has 2 heterocycles. The van der Waals surface area contributed by atoms with Crippen molar-refractivity contribution in [2.45, 2.75) is 6.92 Å². The third-order valence-corrected chi connectivity index (χ3v) is 5.04. The molecule has 0 spiro atoms. The van der Waals surface area contributed by atoms with Gasteiger partial charge in [-0.25, -0.2) is 4.68 Å². The second-order valence-electron chi connectivity index (χ2n) is 6.40. The number of amides is 2. The monoisotopic (exact) mass is 453 g/mol. The summed E-state index contributed by atoms with van der Waals surface area (Å²) in [4.78, 5) is 27.2. The Bertz CT molecular complexity index is 1060. The highest BCUT2D eigenvalue weighted by Gasteiger charge is 2.24. The molecular weight excluding hydrogens is 437 g/mol. The Balaban J connectivity index is 2.05. The molecule has 10 heteroatoms. The maximum absolute atomic E-state index is 13.1. The second kappa shape index (κ2) is 8.49. The van der Waals surface area contributed by atoms with Gasteiger partial charge in [0.2, 0.25) is 0 Å². The zero-order valence-corrected chi connectivity index (χ0v) is 18.2. The Labute approximate surface area is 182 Å². The Hall–Kier alpha value is -2.48. The molecule has 1 aromatic carbocycles.